The summed E-state index contributed by atoms with van der Waals surface area (Å²) in [5, 5.41) is 0. The topological polar surface area (TPSA) is 20.3 Å². The lowest BCUT2D eigenvalue weighted by molar-refractivity contribution is -0.135. The third kappa shape index (κ3) is 2.51. The Morgan fingerprint density at radius 3 is 3.00 bits per heavy atom. The molecular formula is C12H20ClNOS. The van der Waals surface area contributed by atoms with Gasteiger partial charge in [-0.25, -0.2) is 0 Å². The molecule has 0 bridgehead atoms. The smallest absolute Gasteiger partial charge is 0.238 e. The van der Waals surface area contributed by atoms with Crippen LogP contribution in [0, 0.1) is 5.92 Å². The summed E-state index contributed by atoms with van der Waals surface area (Å²) >= 11 is 7.73. The van der Waals surface area contributed by atoms with E-state index in [9.17, 15) is 4.79 Å². The summed E-state index contributed by atoms with van der Waals surface area (Å²) < 4.78 is -0.145. The van der Waals surface area contributed by atoms with E-state index in [0.29, 0.717) is 17.7 Å². The fraction of sp³-hybridized carbons (Fsp3) is 0.917. The van der Waals surface area contributed by atoms with Crippen LogP contribution in [-0.4, -0.2) is 40.3 Å². The predicted octanol–water partition coefficient (Wildman–Crippen LogP) is 2.75. The minimum Gasteiger partial charge on any atom is -0.341 e. The summed E-state index contributed by atoms with van der Waals surface area (Å²) in [6.45, 7) is 3.91. The maximum atomic E-state index is 12.4. The number of thioether (sulfide) groups is 1. The third-order valence-electron chi connectivity index (χ3n) is 3.70. The number of amides is 1. The highest BCUT2D eigenvalue weighted by Gasteiger charge is 2.40. The van der Waals surface area contributed by atoms with Crippen LogP contribution in [0.2, 0.25) is 0 Å². The average molecular weight is 262 g/mol. The first-order valence-corrected chi connectivity index (χ1v) is 7.67. The number of piperidine rings is 1. The first kappa shape index (κ1) is 12.6. The number of nitrogens with zero attached hydrogens (tertiary/aromatic N) is 1. The van der Waals surface area contributed by atoms with Crippen LogP contribution in [0.25, 0.3) is 0 Å². The molecule has 2 nitrogen and oxygen atoms in total. The van der Waals surface area contributed by atoms with Crippen molar-refractivity contribution in [3.8, 4) is 0 Å². The van der Waals surface area contributed by atoms with Gasteiger partial charge in [0.05, 0.1) is 4.75 Å². The monoisotopic (exact) mass is 261 g/mol. The number of carbonyl (C=O) groups excluding carboxylic acids is 1. The Balaban J connectivity index is 1.98. The summed E-state index contributed by atoms with van der Waals surface area (Å²) in [6, 6.07) is 0. The molecule has 0 radical (unpaired) electrons. The van der Waals surface area contributed by atoms with Crippen molar-refractivity contribution >= 4 is 29.3 Å². The average Bonchev–Trinajstić information content (AvgIpc) is 2.76. The largest absolute Gasteiger partial charge is 0.341 e. The molecule has 2 rings (SSSR count). The van der Waals surface area contributed by atoms with Crippen LogP contribution in [0.1, 0.15) is 32.6 Å². The van der Waals surface area contributed by atoms with Crippen molar-refractivity contribution in [3.05, 3.63) is 0 Å². The molecule has 16 heavy (non-hydrogen) atoms. The second-order valence-electron chi connectivity index (χ2n) is 5.10. The van der Waals surface area contributed by atoms with Gasteiger partial charge in [-0.1, -0.05) is 0 Å². The van der Waals surface area contributed by atoms with Crippen LogP contribution in [0.5, 0.6) is 0 Å². The molecule has 0 spiro atoms. The number of hydrogen-bond donors (Lipinski definition) is 0. The van der Waals surface area contributed by atoms with E-state index < -0.39 is 0 Å². The summed E-state index contributed by atoms with van der Waals surface area (Å²) in [5.41, 5.74) is 0. The predicted molar refractivity (Wildman–Crippen MR) is 70.1 cm³/mol. The fourth-order valence-corrected chi connectivity index (χ4v) is 4.19. The van der Waals surface area contributed by atoms with E-state index in [1.807, 2.05) is 11.8 Å². The molecular weight excluding hydrogens is 242 g/mol. The quantitative estimate of drug-likeness (QED) is 0.713. The molecule has 0 aliphatic carbocycles. The van der Waals surface area contributed by atoms with E-state index in [4.69, 9.17) is 11.6 Å². The molecule has 2 heterocycles. The van der Waals surface area contributed by atoms with Crippen molar-refractivity contribution in [2.24, 2.45) is 5.92 Å². The van der Waals surface area contributed by atoms with Crippen molar-refractivity contribution in [2.45, 2.75) is 37.4 Å². The van der Waals surface area contributed by atoms with Crippen LogP contribution >= 0.6 is 23.4 Å². The van der Waals surface area contributed by atoms with Gasteiger partial charge in [0, 0.05) is 19.0 Å². The number of carbonyl (C=O) groups is 1. The Hall–Kier alpha value is 0.110. The van der Waals surface area contributed by atoms with Crippen molar-refractivity contribution < 1.29 is 4.79 Å². The van der Waals surface area contributed by atoms with Gasteiger partial charge in [0.25, 0.3) is 0 Å². The Kier molecular flexibility index (Phi) is 4.06. The van der Waals surface area contributed by atoms with E-state index in [0.717, 1.165) is 31.7 Å². The highest BCUT2D eigenvalue weighted by Crippen LogP contribution is 2.39. The molecule has 92 valence electrons. The second-order valence-corrected chi connectivity index (χ2v) is 7.00. The van der Waals surface area contributed by atoms with Gasteiger partial charge in [0.15, 0.2) is 0 Å². The van der Waals surface area contributed by atoms with E-state index in [2.05, 4.69) is 11.8 Å². The van der Waals surface area contributed by atoms with Crippen LogP contribution in [0.15, 0.2) is 0 Å². The maximum Gasteiger partial charge on any atom is 0.238 e. The first-order valence-electron chi connectivity index (χ1n) is 6.15. The third-order valence-corrected chi connectivity index (χ3v) is 5.64. The normalized spacial score (nSPS) is 35.4. The zero-order valence-electron chi connectivity index (χ0n) is 9.88. The zero-order chi connectivity index (χ0) is 11.6. The maximum absolute atomic E-state index is 12.4. The standard InChI is InChI=1S/C12H20ClNOS/c1-12(5-3-7-16-12)11(15)14-6-2-4-10(8-13)9-14/h10H,2-9H2,1H3. The van der Waals surface area contributed by atoms with Crippen LogP contribution < -0.4 is 0 Å². The Labute approximate surface area is 107 Å². The van der Waals surface area contributed by atoms with Gasteiger partial charge in [-0.3, -0.25) is 4.79 Å². The summed E-state index contributed by atoms with van der Waals surface area (Å²) in [6.07, 6.45) is 4.51. The lowest BCUT2D eigenvalue weighted by Gasteiger charge is -2.36. The van der Waals surface area contributed by atoms with Gasteiger partial charge in [0.2, 0.25) is 5.91 Å². The van der Waals surface area contributed by atoms with Gasteiger partial charge in [-0.15, -0.1) is 23.4 Å². The van der Waals surface area contributed by atoms with E-state index in [-0.39, 0.29) is 4.75 Å². The second kappa shape index (κ2) is 5.18. The van der Waals surface area contributed by atoms with E-state index in [1.54, 1.807) is 0 Å². The lowest BCUT2D eigenvalue weighted by atomic mass is 9.97. The fourth-order valence-electron chi connectivity index (χ4n) is 2.66. The van der Waals surface area contributed by atoms with Crippen molar-refractivity contribution in [3.63, 3.8) is 0 Å². The molecule has 2 unspecified atom stereocenters. The van der Waals surface area contributed by atoms with Gasteiger partial charge < -0.3 is 4.90 Å². The summed E-state index contributed by atoms with van der Waals surface area (Å²) in [7, 11) is 0. The Bertz CT molecular complexity index is 266. The van der Waals surface area contributed by atoms with Crippen molar-refractivity contribution in [2.75, 3.05) is 24.7 Å². The molecule has 0 saturated carbocycles. The van der Waals surface area contributed by atoms with Crippen LogP contribution in [0.3, 0.4) is 0 Å². The molecule has 0 aromatic carbocycles. The van der Waals surface area contributed by atoms with Gasteiger partial charge in [0.1, 0.15) is 0 Å². The highest BCUT2D eigenvalue weighted by molar-refractivity contribution is 8.01. The van der Waals surface area contributed by atoms with E-state index >= 15 is 0 Å². The molecule has 2 aliphatic rings. The summed E-state index contributed by atoms with van der Waals surface area (Å²) in [4.78, 5) is 14.5. The Morgan fingerprint density at radius 2 is 2.38 bits per heavy atom. The molecule has 0 N–H and O–H groups in total. The van der Waals surface area contributed by atoms with Gasteiger partial charge in [-0.2, -0.15) is 0 Å². The minimum absolute atomic E-state index is 0.145. The molecule has 2 saturated heterocycles. The molecule has 2 atom stereocenters. The van der Waals surface area contributed by atoms with Crippen LogP contribution in [0.4, 0.5) is 0 Å². The van der Waals surface area contributed by atoms with E-state index in [1.165, 1.54) is 12.8 Å². The lowest BCUT2D eigenvalue weighted by Crippen LogP contribution is -2.48. The molecule has 2 fully saturated rings. The Morgan fingerprint density at radius 1 is 1.56 bits per heavy atom. The number of halogens is 1. The highest BCUT2D eigenvalue weighted by atomic mass is 35.5. The SMILES string of the molecule is CC1(C(=O)N2CCCC(CCl)C2)CCCS1. The molecule has 0 aromatic rings. The van der Waals surface area contributed by atoms with Crippen LogP contribution in [-0.2, 0) is 4.79 Å². The molecule has 2 aliphatic heterocycles. The van der Waals surface area contributed by atoms with Gasteiger partial charge in [-0.05, 0) is 44.3 Å². The molecule has 4 heteroatoms. The first-order chi connectivity index (χ1) is 7.65. The molecule has 0 aromatic heterocycles. The minimum atomic E-state index is -0.145. The number of hydrogen-bond acceptors (Lipinski definition) is 2. The zero-order valence-corrected chi connectivity index (χ0v) is 11.4. The van der Waals surface area contributed by atoms with Crippen molar-refractivity contribution in [1.82, 2.24) is 4.90 Å². The van der Waals surface area contributed by atoms with Crippen molar-refractivity contribution in [1.29, 1.82) is 0 Å². The summed E-state index contributed by atoms with van der Waals surface area (Å²) in [5.74, 6) is 2.68. The molecule has 1 amide bonds. The number of likely N-dealkylation sites (tertiary alicyclic amines) is 1. The number of alkyl halides is 1. The van der Waals surface area contributed by atoms with Gasteiger partial charge >= 0.3 is 0 Å². The number of rotatable bonds is 2.